The zero-order chi connectivity index (χ0) is 15.2. The maximum atomic E-state index is 13.1. The van der Waals surface area contributed by atoms with Crippen molar-refractivity contribution in [3.63, 3.8) is 0 Å². The number of rotatable bonds is 3. The molecular weight excluding hydrogens is 277 g/mol. The Morgan fingerprint density at radius 2 is 1.82 bits per heavy atom. The largest absolute Gasteiger partial charge is 0.349 e. The minimum absolute atomic E-state index is 0.0841. The topological polar surface area (TPSA) is 29.1 Å². The molecule has 0 spiro atoms. The Labute approximate surface area is 129 Å². The van der Waals surface area contributed by atoms with E-state index in [9.17, 15) is 9.18 Å². The van der Waals surface area contributed by atoms with Gasteiger partial charge >= 0.3 is 0 Å². The van der Waals surface area contributed by atoms with Crippen molar-refractivity contribution in [2.24, 2.45) is 0 Å². The first kappa shape index (κ1) is 13.5. The minimum atomic E-state index is -0.439. The van der Waals surface area contributed by atoms with Crippen molar-refractivity contribution in [2.75, 3.05) is 0 Å². The van der Waals surface area contributed by atoms with E-state index >= 15 is 0 Å². The Morgan fingerprint density at radius 3 is 2.55 bits per heavy atom. The van der Waals surface area contributed by atoms with Gasteiger partial charge in [-0.2, -0.15) is 0 Å². The third-order valence-electron chi connectivity index (χ3n) is 5.02. The van der Waals surface area contributed by atoms with Gasteiger partial charge in [-0.15, -0.1) is 0 Å². The molecule has 2 aromatic rings. The third kappa shape index (κ3) is 2.12. The number of hydrogen-bond donors (Lipinski definition) is 1. The molecule has 22 heavy (non-hydrogen) atoms. The Hall–Kier alpha value is -2.16. The highest BCUT2D eigenvalue weighted by molar-refractivity contribution is 5.91. The molecule has 0 saturated heterocycles. The molecule has 1 fully saturated rings. The normalized spacial score (nSPS) is 21.2. The van der Waals surface area contributed by atoms with E-state index in [0.717, 1.165) is 31.2 Å². The number of carbonyl (C=O) groups excluding carboxylic acids is 1. The van der Waals surface area contributed by atoms with Crippen LogP contribution in [0.15, 0.2) is 48.5 Å². The fourth-order valence-corrected chi connectivity index (χ4v) is 3.54. The molecule has 4 rings (SSSR count). The Morgan fingerprint density at radius 1 is 1.09 bits per heavy atom. The van der Waals surface area contributed by atoms with Crippen LogP contribution in [0.2, 0.25) is 0 Å². The molecule has 2 aliphatic rings. The van der Waals surface area contributed by atoms with Gasteiger partial charge in [0.2, 0.25) is 5.91 Å². The molecule has 0 heterocycles. The Bertz CT molecular complexity index is 718. The number of fused-ring (bicyclic) bond motifs is 1. The summed E-state index contributed by atoms with van der Waals surface area (Å²) in [7, 11) is 0. The van der Waals surface area contributed by atoms with Gasteiger partial charge in [0.15, 0.2) is 0 Å². The minimum Gasteiger partial charge on any atom is -0.349 e. The van der Waals surface area contributed by atoms with E-state index in [1.165, 1.54) is 23.3 Å². The van der Waals surface area contributed by atoms with Gasteiger partial charge in [-0.3, -0.25) is 4.79 Å². The van der Waals surface area contributed by atoms with Gasteiger partial charge < -0.3 is 5.32 Å². The van der Waals surface area contributed by atoms with Gasteiger partial charge in [-0.05, 0) is 54.5 Å². The second-order valence-electron chi connectivity index (χ2n) is 6.35. The van der Waals surface area contributed by atoms with Crippen molar-refractivity contribution in [1.29, 1.82) is 0 Å². The van der Waals surface area contributed by atoms with Crippen molar-refractivity contribution in [2.45, 2.75) is 37.1 Å². The van der Waals surface area contributed by atoms with Gasteiger partial charge in [0, 0.05) is 0 Å². The molecule has 2 aromatic carbocycles. The number of nitrogens with one attached hydrogen (secondary N) is 1. The lowest BCUT2D eigenvalue weighted by atomic mass is 9.94. The maximum absolute atomic E-state index is 13.1. The van der Waals surface area contributed by atoms with E-state index in [-0.39, 0.29) is 17.8 Å². The number of aryl methyl sites for hydroxylation is 1. The van der Waals surface area contributed by atoms with E-state index in [0.29, 0.717) is 0 Å². The monoisotopic (exact) mass is 295 g/mol. The van der Waals surface area contributed by atoms with Crippen molar-refractivity contribution in [1.82, 2.24) is 5.32 Å². The van der Waals surface area contributed by atoms with E-state index in [1.807, 2.05) is 12.1 Å². The van der Waals surface area contributed by atoms with E-state index < -0.39 is 5.41 Å². The summed E-state index contributed by atoms with van der Waals surface area (Å²) in [4.78, 5) is 12.8. The molecule has 0 bridgehead atoms. The second-order valence-corrected chi connectivity index (χ2v) is 6.35. The lowest BCUT2D eigenvalue weighted by Gasteiger charge is -2.20. The SMILES string of the molecule is O=C(NC1CCc2ccccc21)C1(c2ccc(F)cc2)CC1. The summed E-state index contributed by atoms with van der Waals surface area (Å²) in [6, 6.07) is 14.8. The lowest BCUT2D eigenvalue weighted by Crippen LogP contribution is -2.36. The van der Waals surface area contributed by atoms with Crippen LogP contribution in [0.25, 0.3) is 0 Å². The van der Waals surface area contributed by atoms with Crippen LogP contribution in [0.5, 0.6) is 0 Å². The first-order valence-corrected chi connectivity index (χ1v) is 7.84. The average molecular weight is 295 g/mol. The highest BCUT2D eigenvalue weighted by Gasteiger charge is 2.51. The summed E-state index contributed by atoms with van der Waals surface area (Å²) >= 11 is 0. The molecule has 0 aromatic heterocycles. The zero-order valence-electron chi connectivity index (χ0n) is 12.3. The number of halogens is 1. The van der Waals surface area contributed by atoms with Gasteiger partial charge in [-0.25, -0.2) is 4.39 Å². The smallest absolute Gasteiger partial charge is 0.231 e. The quantitative estimate of drug-likeness (QED) is 0.920. The van der Waals surface area contributed by atoms with Gasteiger partial charge in [-0.1, -0.05) is 36.4 Å². The predicted octanol–water partition coefficient (Wildman–Crippen LogP) is 3.66. The zero-order valence-corrected chi connectivity index (χ0v) is 12.3. The molecule has 1 atom stereocenters. The van der Waals surface area contributed by atoms with Crippen LogP contribution in [-0.2, 0) is 16.6 Å². The standard InChI is InChI=1S/C19H18FNO/c20-15-8-6-14(7-9-15)19(11-12-19)18(22)21-17-10-5-13-3-1-2-4-16(13)17/h1-4,6-9,17H,5,10-12H2,(H,21,22). The van der Waals surface area contributed by atoms with Gasteiger partial charge in [0.05, 0.1) is 11.5 Å². The van der Waals surface area contributed by atoms with E-state index in [4.69, 9.17) is 0 Å². The van der Waals surface area contributed by atoms with E-state index in [2.05, 4.69) is 17.4 Å². The Balaban J connectivity index is 1.55. The van der Waals surface area contributed by atoms with Crippen LogP contribution in [0.4, 0.5) is 4.39 Å². The summed E-state index contributed by atoms with van der Waals surface area (Å²) in [5.41, 5.74) is 3.06. The summed E-state index contributed by atoms with van der Waals surface area (Å²) in [5, 5.41) is 3.22. The molecule has 1 saturated carbocycles. The number of hydrogen-bond acceptors (Lipinski definition) is 1. The first-order chi connectivity index (χ1) is 10.7. The highest BCUT2D eigenvalue weighted by atomic mass is 19.1. The van der Waals surface area contributed by atoms with Crippen LogP contribution in [0, 0.1) is 5.82 Å². The third-order valence-corrected chi connectivity index (χ3v) is 5.02. The van der Waals surface area contributed by atoms with Gasteiger partial charge in [0.25, 0.3) is 0 Å². The van der Waals surface area contributed by atoms with E-state index in [1.54, 1.807) is 12.1 Å². The van der Waals surface area contributed by atoms with Crippen molar-refractivity contribution in [3.05, 3.63) is 71.0 Å². The van der Waals surface area contributed by atoms with Crippen LogP contribution >= 0.6 is 0 Å². The summed E-state index contributed by atoms with van der Waals surface area (Å²) in [6.07, 6.45) is 3.67. The summed E-state index contributed by atoms with van der Waals surface area (Å²) < 4.78 is 13.1. The lowest BCUT2D eigenvalue weighted by molar-refractivity contribution is -0.124. The average Bonchev–Trinajstić information content (AvgIpc) is 3.26. The van der Waals surface area contributed by atoms with Crippen molar-refractivity contribution >= 4 is 5.91 Å². The Kier molecular flexibility index (Phi) is 3.03. The predicted molar refractivity (Wildman–Crippen MR) is 83.0 cm³/mol. The molecule has 3 heteroatoms. The van der Waals surface area contributed by atoms with Crippen molar-refractivity contribution in [3.8, 4) is 0 Å². The van der Waals surface area contributed by atoms with Crippen LogP contribution in [0.3, 0.4) is 0 Å². The fraction of sp³-hybridized carbons (Fsp3) is 0.316. The first-order valence-electron chi connectivity index (χ1n) is 7.84. The highest BCUT2D eigenvalue weighted by Crippen LogP contribution is 2.49. The number of amides is 1. The number of carbonyl (C=O) groups is 1. The molecule has 2 aliphatic carbocycles. The van der Waals surface area contributed by atoms with Crippen LogP contribution in [0.1, 0.15) is 42.0 Å². The van der Waals surface area contributed by atoms with Crippen LogP contribution in [-0.4, -0.2) is 5.91 Å². The molecule has 1 N–H and O–H groups in total. The summed E-state index contributed by atoms with van der Waals surface area (Å²) in [6.45, 7) is 0. The molecular formula is C19H18FNO. The second kappa shape index (κ2) is 4.94. The molecule has 1 amide bonds. The van der Waals surface area contributed by atoms with Crippen LogP contribution < -0.4 is 5.32 Å². The number of benzene rings is 2. The molecule has 0 radical (unpaired) electrons. The molecule has 1 unspecified atom stereocenters. The maximum Gasteiger partial charge on any atom is 0.231 e. The van der Waals surface area contributed by atoms with Gasteiger partial charge in [0.1, 0.15) is 5.82 Å². The molecule has 2 nitrogen and oxygen atoms in total. The fourth-order valence-electron chi connectivity index (χ4n) is 3.54. The van der Waals surface area contributed by atoms with Crippen molar-refractivity contribution < 1.29 is 9.18 Å². The molecule has 0 aliphatic heterocycles. The molecule has 112 valence electrons. The summed E-state index contributed by atoms with van der Waals surface area (Å²) in [5.74, 6) is -0.175.